The van der Waals surface area contributed by atoms with Crippen molar-refractivity contribution >= 4 is 22.5 Å². The summed E-state index contributed by atoms with van der Waals surface area (Å²) < 4.78 is 39.5. The Bertz CT molecular complexity index is 1230. The van der Waals surface area contributed by atoms with Gasteiger partial charge in [0.25, 0.3) is 5.91 Å². The highest BCUT2D eigenvalue weighted by atomic mass is 19.4. The number of rotatable bonds is 7. The summed E-state index contributed by atoms with van der Waals surface area (Å²) in [6, 6.07) is 14.8. The second-order valence-corrected chi connectivity index (χ2v) is 8.59. The molecule has 1 fully saturated rings. The molecule has 2 aromatic carbocycles. The number of carbonyl (C=O) groups is 1. The maximum atomic E-state index is 13.2. The van der Waals surface area contributed by atoms with Crippen LogP contribution in [-0.2, 0) is 6.18 Å². The molecule has 1 N–H and O–H groups in total. The van der Waals surface area contributed by atoms with E-state index in [1.165, 1.54) is 6.07 Å². The molecule has 3 aromatic rings. The van der Waals surface area contributed by atoms with Gasteiger partial charge in [0.15, 0.2) is 0 Å². The molecule has 0 atom stereocenters. The zero-order valence-electron chi connectivity index (χ0n) is 19.2. The summed E-state index contributed by atoms with van der Waals surface area (Å²) in [5, 5.41) is 13.0. The smallest absolute Gasteiger partial charge is 0.369 e. The maximum absolute atomic E-state index is 13.2. The lowest BCUT2D eigenvalue weighted by molar-refractivity contribution is -0.137. The number of benzene rings is 2. The maximum Gasteiger partial charge on any atom is 0.416 e. The molecule has 0 aliphatic carbocycles. The lowest BCUT2D eigenvalue weighted by Gasteiger charge is -2.36. The normalized spacial score (nSPS) is 14.6. The molecule has 2 heterocycles. The predicted octanol–water partition coefficient (Wildman–Crippen LogP) is 4.46. The lowest BCUT2D eigenvalue weighted by atomic mass is 10.1. The summed E-state index contributed by atoms with van der Waals surface area (Å²) in [7, 11) is 0. The van der Waals surface area contributed by atoms with Crippen molar-refractivity contribution in [2.24, 2.45) is 0 Å². The van der Waals surface area contributed by atoms with Crippen molar-refractivity contribution in [1.29, 1.82) is 5.26 Å². The molecule has 0 saturated carbocycles. The molecule has 6 nitrogen and oxygen atoms in total. The van der Waals surface area contributed by atoms with Gasteiger partial charge in [-0.25, -0.2) is 0 Å². The van der Waals surface area contributed by atoms with Gasteiger partial charge in [-0.1, -0.05) is 18.2 Å². The molecular weight excluding hydrogens is 455 g/mol. The van der Waals surface area contributed by atoms with Gasteiger partial charge in [0.1, 0.15) is 0 Å². The van der Waals surface area contributed by atoms with E-state index < -0.39 is 11.7 Å². The zero-order valence-corrected chi connectivity index (χ0v) is 19.2. The first-order valence-corrected chi connectivity index (χ1v) is 11.6. The van der Waals surface area contributed by atoms with Gasteiger partial charge in [-0.15, -0.1) is 0 Å². The molecule has 0 unspecified atom stereocenters. The number of alkyl halides is 3. The Morgan fingerprint density at radius 2 is 1.83 bits per heavy atom. The predicted molar refractivity (Wildman–Crippen MR) is 128 cm³/mol. The minimum atomic E-state index is -4.48. The Hall–Kier alpha value is -3.64. The van der Waals surface area contributed by atoms with Gasteiger partial charge in [0.05, 0.1) is 28.3 Å². The van der Waals surface area contributed by atoms with Crippen LogP contribution in [-0.4, -0.2) is 55.1 Å². The molecule has 1 aliphatic rings. The van der Waals surface area contributed by atoms with Crippen molar-refractivity contribution in [2.75, 3.05) is 44.2 Å². The number of nitrogens with one attached hydrogen (secondary N) is 1. The average molecular weight is 482 g/mol. The second-order valence-electron chi connectivity index (χ2n) is 8.59. The Balaban J connectivity index is 1.19. The minimum absolute atomic E-state index is 0.0128. The van der Waals surface area contributed by atoms with E-state index in [1.54, 1.807) is 6.20 Å². The fourth-order valence-corrected chi connectivity index (χ4v) is 4.21. The third-order valence-electron chi connectivity index (χ3n) is 6.15. The lowest BCUT2D eigenvalue weighted by Crippen LogP contribution is -2.46. The highest BCUT2D eigenvalue weighted by molar-refractivity contribution is 5.97. The summed E-state index contributed by atoms with van der Waals surface area (Å²) in [4.78, 5) is 20.9. The highest BCUT2D eigenvalue weighted by Gasteiger charge is 2.32. The van der Waals surface area contributed by atoms with E-state index in [4.69, 9.17) is 5.26 Å². The van der Waals surface area contributed by atoms with Gasteiger partial charge in [0.2, 0.25) is 0 Å². The number of nitriles is 1. The first-order valence-electron chi connectivity index (χ1n) is 11.6. The van der Waals surface area contributed by atoms with E-state index in [0.29, 0.717) is 30.9 Å². The van der Waals surface area contributed by atoms with Crippen LogP contribution in [0.1, 0.15) is 34.3 Å². The molecule has 1 aromatic heterocycles. The van der Waals surface area contributed by atoms with Crippen molar-refractivity contribution in [2.45, 2.75) is 19.0 Å². The van der Waals surface area contributed by atoms with Crippen LogP contribution in [0.2, 0.25) is 0 Å². The summed E-state index contributed by atoms with van der Waals surface area (Å²) in [5.74, 6) is -0.144. The summed E-state index contributed by atoms with van der Waals surface area (Å²) in [5.41, 5.74) is 1.04. The van der Waals surface area contributed by atoms with Gasteiger partial charge in [0, 0.05) is 50.0 Å². The number of carbonyl (C=O) groups excluding carboxylic acids is 1. The van der Waals surface area contributed by atoms with Crippen LogP contribution in [0.15, 0.2) is 54.7 Å². The van der Waals surface area contributed by atoms with Gasteiger partial charge in [-0.3, -0.25) is 14.7 Å². The third kappa shape index (κ3) is 6.28. The standard InChI is InChI=1S/C26H26F3N5O/c27-26(28,29)22-13-19(17-30)14-23(16-22)34-11-9-33(10-12-34)8-4-3-7-31-25(35)21-15-20-5-1-2-6-24(20)32-18-21/h1-2,5-6,13-16,18H,3-4,7-12H2,(H,31,35). The second kappa shape index (κ2) is 10.7. The van der Waals surface area contributed by atoms with Crippen LogP contribution in [0.5, 0.6) is 0 Å². The van der Waals surface area contributed by atoms with Crippen LogP contribution in [0.3, 0.4) is 0 Å². The Morgan fingerprint density at radius 3 is 2.57 bits per heavy atom. The molecule has 0 radical (unpaired) electrons. The van der Waals surface area contributed by atoms with E-state index in [2.05, 4.69) is 15.2 Å². The minimum Gasteiger partial charge on any atom is -0.369 e. The number of hydrogen-bond acceptors (Lipinski definition) is 5. The van der Waals surface area contributed by atoms with Gasteiger partial charge in [-0.05, 0) is 49.7 Å². The number of nitrogens with zero attached hydrogens (tertiary/aromatic N) is 4. The van der Waals surface area contributed by atoms with Gasteiger partial charge in [-0.2, -0.15) is 18.4 Å². The number of fused-ring (bicyclic) bond motifs is 1. The molecule has 1 aliphatic heterocycles. The number of para-hydroxylation sites is 1. The molecule has 0 spiro atoms. The molecular formula is C26H26F3N5O. The van der Waals surface area contributed by atoms with E-state index >= 15 is 0 Å². The molecule has 1 amide bonds. The van der Waals surface area contributed by atoms with Crippen molar-refractivity contribution in [1.82, 2.24) is 15.2 Å². The SMILES string of the molecule is N#Cc1cc(N2CCN(CCCCNC(=O)c3cnc4ccccc4c3)CC2)cc(C(F)(F)F)c1. The van der Waals surface area contributed by atoms with E-state index in [9.17, 15) is 18.0 Å². The number of amides is 1. The quantitative estimate of drug-likeness (QED) is 0.505. The van der Waals surface area contributed by atoms with Crippen molar-refractivity contribution in [3.63, 3.8) is 0 Å². The average Bonchev–Trinajstić information content (AvgIpc) is 2.87. The van der Waals surface area contributed by atoms with Crippen LogP contribution >= 0.6 is 0 Å². The number of aromatic nitrogens is 1. The summed E-state index contributed by atoms with van der Waals surface area (Å²) in [6.45, 7) is 4.07. The monoisotopic (exact) mass is 481 g/mol. The van der Waals surface area contributed by atoms with Crippen LogP contribution in [0.4, 0.5) is 18.9 Å². The van der Waals surface area contributed by atoms with Crippen molar-refractivity contribution in [3.8, 4) is 6.07 Å². The first kappa shape index (κ1) is 24.5. The Labute approximate surface area is 202 Å². The number of unbranched alkanes of at least 4 members (excludes halogenated alkanes) is 1. The third-order valence-corrected chi connectivity index (χ3v) is 6.15. The van der Waals surface area contributed by atoms with E-state index in [1.807, 2.05) is 41.3 Å². The highest BCUT2D eigenvalue weighted by Crippen LogP contribution is 2.33. The first-order chi connectivity index (χ1) is 16.8. The number of hydrogen-bond donors (Lipinski definition) is 1. The van der Waals surface area contributed by atoms with Crippen LogP contribution in [0.25, 0.3) is 10.9 Å². The molecule has 9 heteroatoms. The molecule has 4 rings (SSSR count). The van der Waals surface area contributed by atoms with Gasteiger partial charge < -0.3 is 10.2 Å². The fourth-order valence-electron chi connectivity index (χ4n) is 4.21. The Morgan fingerprint density at radius 1 is 1.06 bits per heavy atom. The number of anilines is 1. The number of piperazine rings is 1. The Kier molecular flexibility index (Phi) is 7.51. The summed E-state index contributed by atoms with van der Waals surface area (Å²) in [6.07, 6.45) is -1.17. The van der Waals surface area contributed by atoms with E-state index in [-0.39, 0.29) is 11.5 Å². The van der Waals surface area contributed by atoms with Crippen molar-refractivity contribution < 1.29 is 18.0 Å². The number of halogens is 3. The molecule has 1 saturated heterocycles. The van der Waals surface area contributed by atoms with E-state index in [0.717, 1.165) is 55.5 Å². The zero-order chi connectivity index (χ0) is 24.8. The fraction of sp³-hybridized carbons (Fsp3) is 0.346. The molecule has 182 valence electrons. The molecule has 0 bridgehead atoms. The van der Waals surface area contributed by atoms with Crippen molar-refractivity contribution in [3.05, 3.63) is 71.4 Å². The van der Waals surface area contributed by atoms with Gasteiger partial charge >= 0.3 is 6.18 Å². The topological polar surface area (TPSA) is 72.3 Å². The number of pyridine rings is 1. The summed E-state index contributed by atoms with van der Waals surface area (Å²) >= 11 is 0. The molecule has 35 heavy (non-hydrogen) atoms. The largest absolute Gasteiger partial charge is 0.416 e. The van der Waals surface area contributed by atoms with Crippen LogP contribution in [0, 0.1) is 11.3 Å². The van der Waals surface area contributed by atoms with Crippen LogP contribution < -0.4 is 10.2 Å².